The third-order valence-electron chi connectivity index (χ3n) is 5.44. The van der Waals surface area contributed by atoms with E-state index in [0.29, 0.717) is 0 Å². The van der Waals surface area contributed by atoms with Gasteiger partial charge in [0.15, 0.2) is 0 Å². The van der Waals surface area contributed by atoms with Gasteiger partial charge in [-0.2, -0.15) is 12.1 Å². The summed E-state index contributed by atoms with van der Waals surface area (Å²) >= 11 is 1.74. The molecule has 0 aromatic heterocycles. The Morgan fingerprint density at radius 3 is 1.11 bits per heavy atom. The van der Waals surface area contributed by atoms with Gasteiger partial charge in [0.2, 0.25) is 0 Å². The minimum Gasteiger partial charge on any atom is -1.00 e. The van der Waals surface area contributed by atoms with E-state index in [9.17, 15) is 0 Å². The fourth-order valence-electron chi connectivity index (χ4n) is 3.66. The Balaban J connectivity index is -0.000000230. The molecule has 7 heteroatoms. The predicted molar refractivity (Wildman–Crippen MR) is 143 cm³/mol. The Kier molecular flexibility index (Phi) is 23.0. The summed E-state index contributed by atoms with van der Waals surface area (Å²) in [6.45, 7) is 22.4. The van der Waals surface area contributed by atoms with Crippen LogP contribution in [0.25, 0.3) is 21.5 Å². The molecule has 0 aliphatic heterocycles. The number of aryl methyl sites for hydroxylation is 2. The first-order valence-corrected chi connectivity index (χ1v) is 17.7. The van der Waals surface area contributed by atoms with Crippen LogP contribution in [0.5, 0.6) is 0 Å². The van der Waals surface area contributed by atoms with E-state index in [1.54, 1.807) is 23.3 Å². The summed E-state index contributed by atoms with van der Waals surface area (Å²) in [5.74, 6) is 0. The number of halogens is 4. The number of hydrogen-bond donors (Lipinski definition) is 0. The molecule has 37 heavy (non-hydrogen) atoms. The van der Waals surface area contributed by atoms with E-state index in [1.807, 2.05) is 0 Å². The van der Waals surface area contributed by atoms with Crippen LogP contribution in [0.1, 0.15) is 63.8 Å². The van der Waals surface area contributed by atoms with Gasteiger partial charge < -0.3 is 49.6 Å². The topological polar surface area (TPSA) is 0 Å². The van der Waals surface area contributed by atoms with Crippen molar-refractivity contribution in [3.63, 3.8) is 0 Å². The maximum atomic E-state index is 2.31. The molecule has 0 saturated carbocycles. The molecule has 4 aromatic rings. The summed E-state index contributed by atoms with van der Waals surface area (Å²) in [5, 5.41) is 5.45. The maximum Gasteiger partial charge on any atom is 4.00 e. The van der Waals surface area contributed by atoms with Gasteiger partial charge in [-0.25, -0.2) is 0 Å². The monoisotopic (exact) mass is 748 g/mol. The summed E-state index contributed by atoms with van der Waals surface area (Å²) in [7, 11) is 0. The van der Waals surface area contributed by atoms with Crippen LogP contribution in [-0.2, 0) is 60.4 Å². The van der Waals surface area contributed by atoms with Crippen LogP contribution in [-0.4, -0.2) is 5.43 Å². The van der Waals surface area contributed by atoms with Gasteiger partial charge in [-0.05, 0) is 10.8 Å². The molecule has 0 amide bonds. The first-order valence-electron chi connectivity index (χ1n) is 11.5. The molecule has 0 nitrogen and oxygen atoms in total. The van der Waals surface area contributed by atoms with Gasteiger partial charge in [0.1, 0.15) is 0 Å². The molecule has 0 N–H and O–H groups in total. The average Bonchev–Trinajstić information content (AvgIpc) is 3.19. The van der Waals surface area contributed by atoms with E-state index in [0.717, 1.165) is 0 Å². The molecule has 200 valence electrons. The smallest absolute Gasteiger partial charge is 1.00 e. The van der Waals surface area contributed by atoms with E-state index in [4.69, 9.17) is 0 Å². The van der Waals surface area contributed by atoms with Crippen molar-refractivity contribution in [2.75, 3.05) is 0 Å². The summed E-state index contributed by atoms with van der Waals surface area (Å²) in [6.07, 6.45) is 0. The molecule has 0 bridgehead atoms. The fourth-order valence-corrected chi connectivity index (χ4v) is 3.66. The van der Waals surface area contributed by atoms with E-state index in [-0.39, 0.29) is 92.1 Å². The van der Waals surface area contributed by atoms with Crippen molar-refractivity contribution < 1.29 is 99.2 Å². The third kappa shape index (κ3) is 14.8. The Labute approximate surface area is 285 Å². The van der Waals surface area contributed by atoms with E-state index >= 15 is 0 Å². The number of rotatable bonds is 0. The Morgan fingerprint density at radius 2 is 0.865 bits per heavy atom. The number of benzene rings is 2. The second-order valence-electron chi connectivity index (χ2n) is 11.3. The van der Waals surface area contributed by atoms with E-state index in [2.05, 4.69) is 129 Å². The van der Waals surface area contributed by atoms with E-state index in [1.165, 1.54) is 43.8 Å². The average molecular weight is 753 g/mol. The zero-order chi connectivity index (χ0) is 24.3. The van der Waals surface area contributed by atoms with Crippen LogP contribution in [0.15, 0.2) is 60.7 Å². The predicted octanol–water partition coefficient (Wildman–Crippen LogP) is -2.87. The van der Waals surface area contributed by atoms with Gasteiger partial charge in [0, 0.05) is 0 Å². The van der Waals surface area contributed by atoms with Gasteiger partial charge in [-0.15, -0.1) is 81.2 Å². The molecule has 0 saturated heterocycles. The van der Waals surface area contributed by atoms with Crippen LogP contribution in [0.4, 0.5) is 0 Å². The molecule has 0 heterocycles. The van der Waals surface area contributed by atoms with Crippen LogP contribution < -0.4 is 49.6 Å². The van der Waals surface area contributed by atoms with Crippen molar-refractivity contribution in [3.8, 4) is 0 Å². The van der Waals surface area contributed by atoms with Crippen molar-refractivity contribution in [2.45, 2.75) is 79.3 Å². The first-order chi connectivity index (χ1) is 14.7. The Morgan fingerprint density at radius 1 is 0.595 bits per heavy atom. The Hall–Kier alpha value is 0.803. The molecule has 0 aliphatic carbocycles. The first kappa shape index (κ1) is 44.8. The molecule has 0 aliphatic rings. The quantitative estimate of drug-likeness (QED) is 0.134. The zero-order valence-electron chi connectivity index (χ0n) is 23.8. The zero-order valence-corrected chi connectivity index (χ0v) is 32.7. The van der Waals surface area contributed by atoms with Gasteiger partial charge in [0.25, 0.3) is 0 Å². The molecule has 4 aromatic carbocycles. The Bertz CT molecular complexity index is 1120. The molecule has 0 spiro atoms. The van der Waals surface area contributed by atoms with Crippen molar-refractivity contribution in [1.82, 2.24) is 0 Å². The van der Waals surface area contributed by atoms with Crippen LogP contribution in [0.2, 0.25) is 13.1 Å². The maximum absolute atomic E-state index is 2.31. The van der Waals surface area contributed by atoms with Crippen LogP contribution in [0, 0.1) is 13.8 Å². The summed E-state index contributed by atoms with van der Waals surface area (Å²) in [4.78, 5) is 0. The van der Waals surface area contributed by atoms with Crippen molar-refractivity contribution in [1.29, 1.82) is 0 Å². The SMILES string of the molecule is C[Si](C)=[Zr+2].Cc1cc2cc(C(C)(C)C)ccc2[cH-]1.Cc1cc2cc(C(C)(C)C)ccc2[cH-]1.[Cl-].[Cl-].[Cl-].[Cl-].[Zr+4]. The van der Waals surface area contributed by atoms with Crippen molar-refractivity contribution in [2.24, 2.45) is 0 Å². The summed E-state index contributed by atoms with van der Waals surface area (Å²) < 4.78 is 0. The molecule has 0 radical (unpaired) electrons. The summed E-state index contributed by atoms with van der Waals surface area (Å²) in [5.41, 5.74) is 6.24. The van der Waals surface area contributed by atoms with Crippen LogP contribution >= 0.6 is 0 Å². The second kappa shape index (κ2) is 19.0. The molecular formula is C30H40Cl4SiZr2. The minimum absolute atomic E-state index is 0. The third-order valence-corrected chi connectivity index (χ3v) is 5.44. The minimum atomic E-state index is 0. The van der Waals surface area contributed by atoms with Gasteiger partial charge in [-0.3, -0.25) is 0 Å². The van der Waals surface area contributed by atoms with Crippen molar-refractivity contribution in [3.05, 3.63) is 82.9 Å². The number of hydrogen-bond acceptors (Lipinski definition) is 0. The largest absolute Gasteiger partial charge is 4.00 e. The van der Waals surface area contributed by atoms with Crippen molar-refractivity contribution >= 4 is 27.0 Å². The van der Waals surface area contributed by atoms with Gasteiger partial charge in [0.05, 0.1) is 0 Å². The normalized spacial score (nSPS) is 10.1. The molecule has 0 unspecified atom stereocenters. The fraction of sp³-hybridized carbons (Fsp3) is 0.400. The van der Waals surface area contributed by atoms with Gasteiger partial charge >= 0.3 is 68.1 Å². The molecule has 0 atom stereocenters. The standard InChI is InChI=1S/2C14H17.C2H6Si.4ClH.2Zr/c2*1-10-7-11-5-6-13(14(2,3)4)9-12(11)8-10;1-3-2;;;;;;/h2*5-9H,1-4H3;1-2H3;4*1H;;/q2*-1;;;;;;+2;+4/p-4. The molecule has 4 rings (SSSR count). The summed E-state index contributed by atoms with van der Waals surface area (Å²) in [6, 6.07) is 22.5. The van der Waals surface area contributed by atoms with E-state index < -0.39 is 0 Å². The number of fused-ring (bicyclic) bond motifs is 2. The van der Waals surface area contributed by atoms with Gasteiger partial charge in [-0.1, -0.05) is 66.5 Å². The second-order valence-corrected chi connectivity index (χ2v) is 20.6. The molecule has 0 fully saturated rings. The molecular weight excluding hydrogens is 713 g/mol. The van der Waals surface area contributed by atoms with Crippen LogP contribution in [0.3, 0.4) is 0 Å².